The Morgan fingerprint density at radius 1 is 1.38 bits per heavy atom. The minimum absolute atomic E-state index is 0. The Kier molecular flexibility index (Phi) is 5.66. The molecule has 132 valence electrons. The molecule has 3 atom stereocenters. The number of methoxy groups -OCH3 is 1. The number of carbonyl (C=O) groups is 1. The fourth-order valence-electron chi connectivity index (χ4n) is 3.83. The molecule has 1 amide bonds. The molecular weight excluding hydrogens is 334 g/mol. The summed E-state index contributed by atoms with van der Waals surface area (Å²) in [6, 6.07) is 4.42. The number of nitro benzene ring substituents is 1. The van der Waals surface area contributed by atoms with Gasteiger partial charge in [-0.1, -0.05) is 6.42 Å². The van der Waals surface area contributed by atoms with Crippen LogP contribution in [-0.4, -0.2) is 42.0 Å². The highest BCUT2D eigenvalue weighted by molar-refractivity contribution is 5.95. The van der Waals surface area contributed by atoms with Gasteiger partial charge in [-0.3, -0.25) is 14.9 Å². The van der Waals surface area contributed by atoms with Crippen LogP contribution in [0.2, 0.25) is 0 Å². The van der Waals surface area contributed by atoms with Crippen molar-refractivity contribution < 1.29 is 14.5 Å². The number of rotatable bonds is 3. The zero-order valence-electron chi connectivity index (χ0n) is 13.5. The third-order valence-electron chi connectivity index (χ3n) is 5.06. The lowest BCUT2D eigenvalue weighted by atomic mass is 9.78. The van der Waals surface area contributed by atoms with Crippen LogP contribution in [0.1, 0.15) is 29.6 Å². The molecule has 7 nitrogen and oxygen atoms in total. The second kappa shape index (κ2) is 7.36. The van der Waals surface area contributed by atoms with Crippen LogP contribution in [-0.2, 0) is 0 Å². The Hall–Kier alpha value is -1.86. The zero-order chi connectivity index (χ0) is 16.6. The van der Waals surface area contributed by atoms with Crippen molar-refractivity contribution in [3.8, 4) is 5.75 Å². The van der Waals surface area contributed by atoms with Gasteiger partial charge >= 0.3 is 5.69 Å². The van der Waals surface area contributed by atoms with Crippen LogP contribution >= 0.6 is 12.4 Å². The highest BCUT2D eigenvalue weighted by atomic mass is 35.5. The van der Waals surface area contributed by atoms with Crippen molar-refractivity contribution in [2.24, 2.45) is 17.6 Å². The van der Waals surface area contributed by atoms with E-state index in [1.165, 1.54) is 25.3 Å². The van der Waals surface area contributed by atoms with Crippen LogP contribution < -0.4 is 10.5 Å². The van der Waals surface area contributed by atoms with E-state index in [0.717, 1.165) is 25.8 Å². The number of likely N-dealkylation sites (tertiary alicyclic amines) is 1. The van der Waals surface area contributed by atoms with Gasteiger partial charge in [0.25, 0.3) is 5.91 Å². The van der Waals surface area contributed by atoms with Gasteiger partial charge in [-0.2, -0.15) is 0 Å². The molecule has 3 unspecified atom stereocenters. The van der Waals surface area contributed by atoms with E-state index >= 15 is 0 Å². The molecule has 0 spiro atoms. The fourth-order valence-corrected chi connectivity index (χ4v) is 3.83. The molecule has 1 aliphatic carbocycles. The van der Waals surface area contributed by atoms with E-state index < -0.39 is 4.92 Å². The van der Waals surface area contributed by atoms with Gasteiger partial charge in [0.05, 0.1) is 12.0 Å². The largest absolute Gasteiger partial charge is 0.490 e. The number of ether oxygens (including phenoxy) is 1. The third-order valence-corrected chi connectivity index (χ3v) is 5.06. The summed E-state index contributed by atoms with van der Waals surface area (Å²) in [5.41, 5.74) is 6.47. The lowest BCUT2D eigenvalue weighted by molar-refractivity contribution is -0.385. The first kappa shape index (κ1) is 18.5. The predicted molar refractivity (Wildman–Crippen MR) is 91.6 cm³/mol. The number of hydrogen-bond donors (Lipinski definition) is 1. The average molecular weight is 356 g/mol. The molecule has 0 bridgehead atoms. The second-order valence-electron chi connectivity index (χ2n) is 6.37. The summed E-state index contributed by atoms with van der Waals surface area (Å²) in [5.74, 6) is 0.837. The van der Waals surface area contributed by atoms with Gasteiger partial charge in [0, 0.05) is 36.8 Å². The first-order chi connectivity index (χ1) is 11.0. The number of fused-ring (bicyclic) bond motifs is 1. The quantitative estimate of drug-likeness (QED) is 0.662. The van der Waals surface area contributed by atoms with Crippen molar-refractivity contribution in [2.45, 2.75) is 25.3 Å². The van der Waals surface area contributed by atoms with Crippen molar-refractivity contribution in [3.63, 3.8) is 0 Å². The summed E-state index contributed by atoms with van der Waals surface area (Å²) in [7, 11) is 1.36. The minimum atomic E-state index is -0.517. The Balaban J connectivity index is 0.00000208. The number of hydrogen-bond acceptors (Lipinski definition) is 5. The first-order valence-electron chi connectivity index (χ1n) is 7.88. The van der Waals surface area contributed by atoms with Gasteiger partial charge in [-0.15, -0.1) is 12.4 Å². The van der Waals surface area contributed by atoms with Crippen LogP contribution in [0.4, 0.5) is 5.69 Å². The van der Waals surface area contributed by atoms with Crippen LogP contribution in [0.25, 0.3) is 0 Å². The molecule has 1 aromatic carbocycles. The van der Waals surface area contributed by atoms with Gasteiger partial charge in [0.15, 0.2) is 5.75 Å². The molecule has 1 saturated carbocycles. The van der Waals surface area contributed by atoms with Gasteiger partial charge in [-0.05, 0) is 30.7 Å². The standard InChI is InChI=1S/C16H21N3O4.ClH/c1-23-15-7-10(5-6-14(15)19(21)22)16(20)18-8-11-3-2-4-13(17)12(11)9-18;/h5-7,11-13H,2-4,8-9,17H2,1H3;1H. The molecule has 2 fully saturated rings. The van der Waals surface area contributed by atoms with Crippen molar-refractivity contribution in [3.05, 3.63) is 33.9 Å². The molecular formula is C16H22ClN3O4. The van der Waals surface area contributed by atoms with Crippen molar-refractivity contribution in [2.75, 3.05) is 20.2 Å². The lowest BCUT2D eigenvalue weighted by Gasteiger charge is -2.29. The number of benzene rings is 1. The molecule has 8 heteroatoms. The summed E-state index contributed by atoms with van der Waals surface area (Å²) in [6.07, 6.45) is 3.26. The average Bonchev–Trinajstić information content (AvgIpc) is 2.99. The third kappa shape index (κ3) is 3.32. The van der Waals surface area contributed by atoms with E-state index in [0.29, 0.717) is 23.9 Å². The number of carbonyl (C=O) groups excluding carboxylic acids is 1. The van der Waals surface area contributed by atoms with Crippen LogP contribution in [0.5, 0.6) is 5.75 Å². The minimum Gasteiger partial charge on any atom is -0.490 e. The Labute approximate surface area is 146 Å². The molecule has 24 heavy (non-hydrogen) atoms. The molecule has 2 aliphatic rings. The van der Waals surface area contributed by atoms with Gasteiger partial charge in [0.1, 0.15) is 0 Å². The lowest BCUT2D eigenvalue weighted by Crippen LogP contribution is -2.38. The first-order valence-corrected chi connectivity index (χ1v) is 7.88. The zero-order valence-corrected chi connectivity index (χ0v) is 14.3. The summed E-state index contributed by atoms with van der Waals surface area (Å²) in [5, 5.41) is 10.9. The van der Waals surface area contributed by atoms with Gasteiger partial charge in [0.2, 0.25) is 0 Å². The maximum atomic E-state index is 12.7. The van der Waals surface area contributed by atoms with Gasteiger partial charge in [-0.25, -0.2) is 0 Å². The molecule has 0 aromatic heterocycles. The second-order valence-corrected chi connectivity index (χ2v) is 6.37. The normalized spacial score (nSPS) is 25.6. The Bertz CT molecular complexity index is 640. The Morgan fingerprint density at radius 2 is 2.12 bits per heavy atom. The van der Waals surface area contributed by atoms with Gasteiger partial charge < -0.3 is 15.4 Å². The number of amides is 1. The van der Waals surface area contributed by atoms with E-state index in [9.17, 15) is 14.9 Å². The highest BCUT2D eigenvalue weighted by Crippen LogP contribution is 2.36. The molecule has 1 aromatic rings. The van der Waals surface area contributed by atoms with E-state index in [4.69, 9.17) is 10.5 Å². The predicted octanol–water partition coefficient (Wildman–Crippen LogP) is 2.22. The Morgan fingerprint density at radius 3 is 2.75 bits per heavy atom. The molecule has 3 rings (SSSR count). The van der Waals surface area contributed by atoms with Crippen molar-refractivity contribution >= 4 is 24.0 Å². The van der Waals surface area contributed by atoms with E-state index in [1.54, 1.807) is 0 Å². The number of nitro groups is 1. The number of nitrogens with zero attached hydrogens (tertiary/aromatic N) is 2. The number of halogens is 1. The molecule has 1 aliphatic heterocycles. The number of nitrogens with two attached hydrogens (primary N) is 1. The molecule has 1 heterocycles. The molecule has 0 radical (unpaired) electrons. The summed E-state index contributed by atoms with van der Waals surface area (Å²) >= 11 is 0. The SMILES string of the molecule is COc1cc(C(=O)N2CC3CCCC(N)C3C2)ccc1[N+](=O)[O-].Cl. The van der Waals surface area contributed by atoms with Crippen LogP contribution in [0.15, 0.2) is 18.2 Å². The highest BCUT2D eigenvalue weighted by Gasteiger charge is 2.40. The monoisotopic (exact) mass is 355 g/mol. The summed E-state index contributed by atoms with van der Waals surface area (Å²) < 4.78 is 5.04. The van der Waals surface area contributed by atoms with E-state index in [1.807, 2.05) is 4.90 Å². The maximum absolute atomic E-state index is 12.7. The molecule has 1 saturated heterocycles. The topological polar surface area (TPSA) is 98.7 Å². The molecule has 2 N–H and O–H groups in total. The van der Waals surface area contributed by atoms with Crippen molar-refractivity contribution in [1.29, 1.82) is 0 Å². The smallest absolute Gasteiger partial charge is 0.310 e. The maximum Gasteiger partial charge on any atom is 0.310 e. The van der Waals surface area contributed by atoms with E-state index in [-0.39, 0.29) is 35.8 Å². The summed E-state index contributed by atoms with van der Waals surface area (Å²) in [6.45, 7) is 1.39. The fraction of sp³-hybridized carbons (Fsp3) is 0.562. The van der Waals surface area contributed by atoms with Crippen LogP contribution in [0, 0.1) is 22.0 Å². The van der Waals surface area contributed by atoms with Crippen LogP contribution in [0.3, 0.4) is 0 Å². The van der Waals surface area contributed by atoms with E-state index in [2.05, 4.69) is 0 Å². The summed E-state index contributed by atoms with van der Waals surface area (Å²) in [4.78, 5) is 25.0. The van der Waals surface area contributed by atoms with Crippen molar-refractivity contribution in [1.82, 2.24) is 4.90 Å².